The lowest BCUT2D eigenvalue weighted by atomic mass is 10.8. The summed E-state index contributed by atoms with van der Waals surface area (Å²) in [4.78, 5) is 9.99. The van der Waals surface area contributed by atoms with Gasteiger partial charge in [0.05, 0.1) is 11.0 Å². The second-order valence-electron chi connectivity index (χ2n) is 1.86. The van der Waals surface area contributed by atoms with E-state index in [-0.39, 0.29) is 16.0 Å². The highest BCUT2D eigenvalue weighted by Crippen LogP contribution is 2.17. The molecule has 0 atom stereocenters. The molecule has 0 bridgehead atoms. The van der Waals surface area contributed by atoms with Gasteiger partial charge in [-0.1, -0.05) is 0 Å². The Morgan fingerprint density at radius 1 is 1.69 bits per heavy atom. The summed E-state index contributed by atoms with van der Waals surface area (Å²) in [5, 5.41) is 13.6. The van der Waals surface area contributed by atoms with Crippen LogP contribution in [0, 0.1) is 0 Å². The first-order valence-corrected chi connectivity index (χ1v) is 5.76. The monoisotopic (exact) mass is 223 g/mol. The molecule has 0 aliphatic heterocycles. The molecule has 0 saturated heterocycles. The smallest absolute Gasteiger partial charge is 0.415 e. The summed E-state index contributed by atoms with van der Waals surface area (Å²) in [6.07, 6.45) is -0.0992. The van der Waals surface area contributed by atoms with Crippen molar-refractivity contribution in [1.82, 2.24) is 14.9 Å². The lowest BCUT2D eigenvalue weighted by Crippen LogP contribution is -2.15. The van der Waals surface area contributed by atoms with Crippen LogP contribution in [-0.4, -0.2) is 29.8 Å². The Labute approximate surface area is 77.0 Å². The van der Waals surface area contributed by atoms with Crippen LogP contribution in [0.2, 0.25) is 0 Å². The van der Waals surface area contributed by atoms with Crippen LogP contribution in [0.5, 0.6) is 0 Å². The Hall–Kier alpha value is -1.22. The number of H-pyrrole nitrogens is 1. The van der Waals surface area contributed by atoms with E-state index in [9.17, 15) is 13.2 Å². The zero-order valence-electron chi connectivity index (χ0n) is 6.09. The van der Waals surface area contributed by atoms with Crippen LogP contribution in [0.25, 0.3) is 0 Å². The van der Waals surface area contributed by atoms with Gasteiger partial charge in [-0.3, -0.25) is 9.82 Å². The van der Waals surface area contributed by atoms with Crippen molar-refractivity contribution in [3.63, 3.8) is 0 Å². The van der Waals surface area contributed by atoms with Crippen molar-refractivity contribution in [2.75, 3.05) is 0 Å². The molecule has 0 aromatic carbocycles. The number of rotatable bonds is 3. The second kappa shape index (κ2) is 3.66. The summed E-state index contributed by atoms with van der Waals surface area (Å²) >= 11 is 0. The molecule has 0 aliphatic carbocycles. The number of hydrogen-bond donors (Lipinski definition) is 3. The fraction of sp³-hybridized carbons (Fsp3) is 0. The lowest BCUT2D eigenvalue weighted by molar-refractivity contribution is 0.202. The molecule has 1 aromatic rings. The van der Waals surface area contributed by atoms with E-state index in [2.05, 4.69) is 10.2 Å². The van der Waals surface area contributed by atoms with E-state index in [1.54, 1.807) is 4.72 Å². The first-order chi connectivity index (χ1) is 6.02. The maximum absolute atomic E-state index is 11.2. The van der Waals surface area contributed by atoms with E-state index in [0.29, 0.717) is 0 Å². The SMILES string of the molecule is O=C(O)NSS(=O)(=O)c1cc[nH]n1. The number of nitrogens with zero attached hydrogens (tertiary/aromatic N) is 1. The molecule has 1 heterocycles. The summed E-state index contributed by atoms with van der Waals surface area (Å²) in [6.45, 7) is 0. The van der Waals surface area contributed by atoms with Gasteiger partial charge in [0.1, 0.15) is 0 Å². The van der Waals surface area contributed by atoms with Crippen molar-refractivity contribution in [3.05, 3.63) is 12.3 Å². The summed E-state index contributed by atoms with van der Waals surface area (Å²) in [5.74, 6) is 0. The zero-order chi connectivity index (χ0) is 9.90. The molecule has 0 aliphatic rings. The molecule has 1 aromatic heterocycles. The third-order valence-corrected chi connectivity index (χ3v) is 3.61. The van der Waals surface area contributed by atoms with Crippen molar-refractivity contribution in [1.29, 1.82) is 0 Å². The van der Waals surface area contributed by atoms with Crippen molar-refractivity contribution in [2.45, 2.75) is 5.03 Å². The molecule has 0 fully saturated rings. The highest BCUT2D eigenvalue weighted by molar-refractivity contribution is 8.71. The van der Waals surface area contributed by atoms with Gasteiger partial charge in [-0.15, -0.1) is 0 Å². The molecule has 3 N–H and O–H groups in total. The minimum absolute atomic E-state index is 0.0847. The van der Waals surface area contributed by atoms with Gasteiger partial charge in [-0.05, 0) is 6.07 Å². The minimum Gasteiger partial charge on any atom is -0.464 e. The van der Waals surface area contributed by atoms with Gasteiger partial charge >= 0.3 is 6.09 Å². The van der Waals surface area contributed by atoms with E-state index in [1.165, 1.54) is 12.3 Å². The van der Waals surface area contributed by atoms with Crippen molar-refractivity contribution >= 4 is 25.9 Å². The van der Waals surface area contributed by atoms with Crippen molar-refractivity contribution in [3.8, 4) is 0 Å². The molecule has 0 radical (unpaired) electrons. The molecule has 0 unspecified atom stereocenters. The highest BCUT2D eigenvalue weighted by atomic mass is 33.1. The molecule has 1 rings (SSSR count). The van der Waals surface area contributed by atoms with Crippen LogP contribution in [-0.2, 0) is 8.87 Å². The number of carbonyl (C=O) groups is 1. The van der Waals surface area contributed by atoms with E-state index in [4.69, 9.17) is 5.11 Å². The number of amides is 1. The molecule has 9 heteroatoms. The number of aromatic amines is 1. The molecule has 1 amide bonds. The second-order valence-corrected chi connectivity index (χ2v) is 5.37. The van der Waals surface area contributed by atoms with Gasteiger partial charge in [0.2, 0.25) is 0 Å². The number of nitrogens with one attached hydrogen (secondary N) is 2. The van der Waals surface area contributed by atoms with Gasteiger partial charge in [0, 0.05) is 6.20 Å². The predicted octanol–water partition coefficient (Wildman–Crippen LogP) is 0.0142. The van der Waals surface area contributed by atoms with Crippen LogP contribution in [0.15, 0.2) is 17.3 Å². The van der Waals surface area contributed by atoms with Gasteiger partial charge < -0.3 is 5.11 Å². The van der Waals surface area contributed by atoms with Gasteiger partial charge in [-0.2, -0.15) is 5.10 Å². The maximum atomic E-state index is 11.2. The van der Waals surface area contributed by atoms with Crippen LogP contribution >= 0.6 is 11.0 Å². The van der Waals surface area contributed by atoms with Gasteiger partial charge in [-0.25, -0.2) is 13.2 Å². The van der Waals surface area contributed by atoms with Crippen molar-refractivity contribution < 1.29 is 18.3 Å². The third-order valence-electron chi connectivity index (χ3n) is 0.970. The third kappa shape index (κ3) is 2.63. The highest BCUT2D eigenvalue weighted by Gasteiger charge is 2.18. The van der Waals surface area contributed by atoms with Crippen LogP contribution in [0.3, 0.4) is 0 Å². The summed E-state index contributed by atoms with van der Waals surface area (Å²) in [7, 11) is -3.64. The minimum atomic E-state index is -3.73. The lowest BCUT2D eigenvalue weighted by Gasteiger charge is -1.97. The van der Waals surface area contributed by atoms with E-state index in [0.717, 1.165) is 0 Å². The van der Waals surface area contributed by atoms with Gasteiger partial charge in [0.25, 0.3) is 8.87 Å². The maximum Gasteiger partial charge on any atom is 0.415 e. The number of carboxylic acid groups (broad SMARTS) is 1. The molecule has 7 nitrogen and oxygen atoms in total. The van der Waals surface area contributed by atoms with Gasteiger partial charge in [0.15, 0.2) is 5.03 Å². The largest absolute Gasteiger partial charge is 0.464 e. The van der Waals surface area contributed by atoms with E-state index >= 15 is 0 Å². The van der Waals surface area contributed by atoms with Crippen LogP contribution < -0.4 is 4.72 Å². The Bertz CT molecular complexity index is 384. The Morgan fingerprint density at radius 2 is 2.38 bits per heavy atom. The summed E-state index contributed by atoms with van der Waals surface area (Å²) in [6, 6.07) is 1.23. The predicted molar refractivity (Wildman–Crippen MR) is 44.5 cm³/mol. The average molecular weight is 223 g/mol. The summed E-state index contributed by atoms with van der Waals surface area (Å²) < 4.78 is 24.0. The Balaban J connectivity index is 2.74. The topological polar surface area (TPSA) is 112 Å². The fourth-order valence-electron chi connectivity index (χ4n) is 0.519. The molecule has 72 valence electrons. The quantitative estimate of drug-likeness (QED) is 0.491. The van der Waals surface area contributed by atoms with E-state index in [1.807, 2.05) is 0 Å². The normalized spacial score (nSPS) is 11.1. The van der Waals surface area contributed by atoms with E-state index < -0.39 is 15.0 Å². The summed E-state index contributed by atoms with van der Waals surface area (Å²) in [5.41, 5.74) is 0. The Morgan fingerprint density at radius 3 is 2.85 bits per heavy atom. The molecule has 0 saturated carbocycles. The van der Waals surface area contributed by atoms with Crippen LogP contribution in [0.1, 0.15) is 0 Å². The van der Waals surface area contributed by atoms with Crippen molar-refractivity contribution in [2.24, 2.45) is 0 Å². The molecular formula is C4H5N3O4S2. The Kier molecular flexibility index (Phi) is 2.78. The average Bonchev–Trinajstić information content (AvgIpc) is 2.53. The number of aromatic nitrogens is 2. The molecule has 0 spiro atoms. The fourth-order valence-corrected chi connectivity index (χ4v) is 2.26. The zero-order valence-corrected chi connectivity index (χ0v) is 7.72. The first kappa shape index (κ1) is 9.86. The molecular weight excluding hydrogens is 218 g/mol. The standard InChI is InChI=1S/C4H5N3O4S2/c8-4(9)7-12-13(10,11)3-1-2-5-6-3/h1-2,7H,(H,5,6)(H,8,9). The first-order valence-electron chi connectivity index (χ1n) is 2.94. The number of hydrogen-bond acceptors (Lipinski definition) is 5. The molecule has 13 heavy (non-hydrogen) atoms. The van der Waals surface area contributed by atoms with Crippen LogP contribution in [0.4, 0.5) is 4.79 Å².